The Bertz CT molecular complexity index is 996. The molecular formula is C18H16BrIN4O5. The second kappa shape index (κ2) is 10.3. The van der Waals surface area contributed by atoms with Gasteiger partial charge in [0.1, 0.15) is 0 Å². The van der Waals surface area contributed by atoms with Gasteiger partial charge in [0.05, 0.1) is 11.1 Å². The Morgan fingerprint density at radius 1 is 1.28 bits per heavy atom. The van der Waals surface area contributed by atoms with Gasteiger partial charge in [0.2, 0.25) is 17.6 Å². The number of rotatable bonds is 7. The fourth-order valence-corrected chi connectivity index (χ4v) is 3.39. The molecule has 9 nitrogen and oxygen atoms in total. The highest BCUT2D eigenvalue weighted by Gasteiger charge is 2.17. The maximum Gasteiger partial charge on any atom is 0.312 e. The monoisotopic (exact) mass is 574 g/mol. The van der Waals surface area contributed by atoms with Gasteiger partial charge in [0.15, 0.2) is 0 Å². The van der Waals surface area contributed by atoms with Crippen LogP contribution in [0.4, 0.5) is 11.4 Å². The largest absolute Gasteiger partial charge is 0.502 e. The second-order valence-corrected chi connectivity index (χ2v) is 8.08. The Kier molecular flexibility index (Phi) is 8.08. The number of nitrogens with one attached hydrogen (secondary N) is 2. The van der Waals surface area contributed by atoms with E-state index in [1.807, 2.05) is 19.1 Å². The summed E-state index contributed by atoms with van der Waals surface area (Å²) in [5.74, 6) is -1.39. The van der Waals surface area contributed by atoms with E-state index < -0.39 is 22.3 Å². The van der Waals surface area contributed by atoms with Crippen LogP contribution in [0.2, 0.25) is 0 Å². The van der Waals surface area contributed by atoms with Gasteiger partial charge in [-0.15, -0.1) is 0 Å². The molecule has 0 aliphatic carbocycles. The number of hydrazone groups is 1. The molecule has 0 bridgehead atoms. The molecule has 0 spiro atoms. The lowest BCUT2D eigenvalue weighted by molar-refractivity contribution is -0.385. The molecule has 3 N–H and O–H groups in total. The van der Waals surface area contributed by atoms with Crippen LogP contribution in [0, 0.1) is 20.6 Å². The third-order valence-corrected chi connectivity index (χ3v) is 4.84. The van der Waals surface area contributed by atoms with E-state index in [4.69, 9.17) is 0 Å². The van der Waals surface area contributed by atoms with Crippen molar-refractivity contribution in [2.24, 2.45) is 5.10 Å². The first kappa shape index (κ1) is 22.7. The van der Waals surface area contributed by atoms with E-state index in [9.17, 15) is 24.8 Å². The van der Waals surface area contributed by atoms with Crippen molar-refractivity contribution in [1.82, 2.24) is 5.43 Å². The number of hydrogen-bond acceptors (Lipinski definition) is 6. The number of carbonyl (C=O) groups excluding carboxylic acids is 2. The minimum absolute atomic E-state index is 0.0413. The number of aromatic hydroxyl groups is 1. The topological polar surface area (TPSA) is 134 Å². The van der Waals surface area contributed by atoms with Crippen LogP contribution < -0.4 is 10.7 Å². The first-order valence-electron chi connectivity index (χ1n) is 8.22. The highest BCUT2D eigenvalue weighted by atomic mass is 127. The Morgan fingerprint density at radius 2 is 1.97 bits per heavy atom. The number of carbonyl (C=O) groups is 2. The summed E-state index contributed by atoms with van der Waals surface area (Å²) in [5.41, 5.74) is 3.38. The van der Waals surface area contributed by atoms with Crippen molar-refractivity contribution in [3.8, 4) is 5.75 Å². The van der Waals surface area contributed by atoms with Crippen LogP contribution in [0.5, 0.6) is 5.75 Å². The van der Waals surface area contributed by atoms with E-state index in [-0.39, 0.29) is 24.3 Å². The molecule has 0 aromatic heterocycles. The maximum absolute atomic E-state index is 12.0. The SMILES string of the molecule is Cc1cc(I)ccc1NC(=O)CCC(=O)N/N=C/c1cc(Br)cc([N+](=O)[O-])c1O. The van der Waals surface area contributed by atoms with E-state index in [0.717, 1.165) is 21.4 Å². The zero-order valence-electron chi connectivity index (χ0n) is 15.1. The molecule has 2 amide bonds. The van der Waals surface area contributed by atoms with Crippen LogP contribution in [0.15, 0.2) is 39.9 Å². The third-order valence-electron chi connectivity index (χ3n) is 3.72. The number of nitrogens with zero attached hydrogens (tertiary/aromatic N) is 2. The number of phenolic OH excluding ortho intramolecular Hbond substituents is 1. The van der Waals surface area contributed by atoms with Crippen LogP contribution in [0.25, 0.3) is 0 Å². The maximum atomic E-state index is 12.0. The average molecular weight is 575 g/mol. The molecule has 0 saturated heterocycles. The van der Waals surface area contributed by atoms with E-state index in [0.29, 0.717) is 10.2 Å². The van der Waals surface area contributed by atoms with Gasteiger partial charge in [-0.3, -0.25) is 19.7 Å². The number of nitro benzene ring substituents is 1. The molecular weight excluding hydrogens is 559 g/mol. The van der Waals surface area contributed by atoms with Crippen LogP contribution in [-0.2, 0) is 9.59 Å². The van der Waals surface area contributed by atoms with Gasteiger partial charge < -0.3 is 10.4 Å². The predicted molar refractivity (Wildman–Crippen MR) is 120 cm³/mol. The van der Waals surface area contributed by atoms with Crippen molar-refractivity contribution in [1.29, 1.82) is 0 Å². The molecule has 0 radical (unpaired) electrons. The quantitative estimate of drug-likeness (QED) is 0.200. The molecule has 2 aromatic rings. The zero-order valence-corrected chi connectivity index (χ0v) is 18.9. The van der Waals surface area contributed by atoms with Gasteiger partial charge >= 0.3 is 5.69 Å². The molecule has 2 rings (SSSR count). The standard InChI is InChI=1S/C18H16BrIN4O5/c1-10-6-13(20)2-3-14(10)22-16(25)4-5-17(26)23-21-9-11-7-12(19)8-15(18(11)27)24(28)29/h2-3,6-9,27H,4-5H2,1H3,(H,22,25)(H,23,26)/b21-9+. The molecule has 0 unspecified atom stereocenters. The fraction of sp³-hybridized carbons (Fsp3) is 0.167. The number of hydrogen-bond donors (Lipinski definition) is 3. The van der Waals surface area contributed by atoms with Crippen LogP contribution >= 0.6 is 38.5 Å². The molecule has 29 heavy (non-hydrogen) atoms. The Hall–Kier alpha value is -2.54. The molecule has 0 fully saturated rings. The zero-order chi connectivity index (χ0) is 21.6. The minimum Gasteiger partial charge on any atom is -0.502 e. The molecule has 0 heterocycles. The fourth-order valence-electron chi connectivity index (χ4n) is 2.28. The van der Waals surface area contributed by atoms with Crippen molar-refractivity contribution in [2.75, 3.05) is 5.32 Å². The van der Waals surface area contributed by atoms with Crippen LogP contribution in [0.1, 0.15) is 24.0 Å². The van der Waals surface area contributed by atoms with E-state index in [1.54, 1.807) is 6.07 Å². The van der Waals surface area contributed by atoms with Crippen molar-refractivity contribution in [3.63, 3.8) is 0 Å². The van der Waals surface area contributed by atoms with E-state index >= 15 is 0 Å². The summed E-state index contributed by atoms with van der Waals surface area (Å²) in [6.07, 6.45) is 0.942. The predicted octanol–water partition coefficient (Wildman–Crippen LogP) is 3.84. The summed E-state index contributed by atoms with van der Waals surface area (Å²) in [5, 5.41) is 27.2. The van der Waals surface area contributed by atoms with Crippen molar-refractivity contribution in [2.45, 2.75) is 19.8 Å². The number of benzene rings is 2. The molecule has 0 atom stereocenters. The second-order valence-electron chi connectivity index (χ2n) is 5.92. The lowest BCUT2D eigenvalue weighted by Crippen LogP contribution is -2.21. The summed E-state index contributed by atoms with van der Waals surface area (Å²) in [6, 6.07) is 8.16. The first-order valence-corrected chi connectivity index (χ1v) is 10.1. The molecule has 2 aromatic carbocycles. The average Bonchev–Trinajstić information content (AvgIpc) is 2.64. The summed E-state index contributed by atoms with van der Waals surface area (Å²) < 4.78 is 1.43. The Balaban J connectivity index is 1.88. The first-order chi connectivity index (χ1) is 13.7. The minimum atomic E-state index is -0.732. The Labute approximate surface area is 188 Å². The highest BCUT2D eigenvalue weighted by Crippen LogP contribution is 2.32. The smallest absolute Gasteiger partial charge is 0.312 e. The number of aryl methyl sites for hydroxylation is 1. The van der Waals surface area contributed by atoms with Crippen LogP contribution in [-0.4, -0.2) is 28.1 Å². The molecule has 152 valence electrons. The number of halogens is 2. The molecule has 0 saturated carbocycles. The molecule has 11 heteroatoms. The normalized spacial score (nSPS) is 10.7. The number of anilines is 1. The number of phenols is 1. The van der Waals surface area contributed by atoms with Crippen molar-refractivity contribution in [3.05, 3.63) is 59.6 Å². The van der Waals surface area contributed by atoms with Gasteiger partial charge in [-0.05, 0) is 59.3 Å². The highest BCUT2D eigenvalue weighted by molar-refractivity contribution is 14.1. The van der Waals surface area contributed by atoms with Gasteiger partial charge in [-0.1, -0.05) is 15.9 Å². The lowest BCUT2D eigenvalue weighted by atomic mass is 10.2. The van der Waals surface area contributed by atoms with Crippen LogP contribution in [0.3, 0.4) is 0 Å². The van der Waals surface area contributed by atoms with Crippen molar-refractivity contribution < 1.29 is 19.6 Å². The van der Waals surface area contributed by atoms with Gasteiger partial charge in [-0.25, -0.2) is 5.43 Å². The van der Waals surface area contributed by atoms with Gasteiger partial charge in [-0.2, -0.15) is 5.10 Å². The lowest BCUT2D eigenvalue weighted by Gasteiger charge is -2.08. The number of amides is 2. The van der Waals surface area contributed by atoms with E-state index in [1.165, 1.54) is 6.07 Å². The summed E-state index contributed by atoms with van der Waals surface area (Å²) in [6.45, 7) is 1.88. The summed E-state index contributed by atoms with van der Waals surface area (Å²) in [4.78, 5) is 34.0. The summed E-state index contributed by atoms with van der Waals surface area (Å²) in [7, 11) is 0. The molecule has 0 aliphatic rings. The third kappa shape index (κ3) is 6.78. The van der Waals surface area contributed by atoms with E-state index in [2.05, 4.69) is 54.4 Å². The van der Waals surface area contributed by atoms with Gasteiger partial charge in [0.25, 0.3) is 0 Å². The Morgan fingerprint density at radius 3 is 2.62 bits per heavy atom. The summed E-state index contributed by atoms with van der Waals surface area (Å²) >= 11 is 5.28. The number of nitro groups is 1. The van der Waals surface area contributed by atoms with Gasteiger partial charge in [0, 0.05) is 38.2 Å². The van der Waals surface area contributed by atoms with Crippen molar-refractivity contribution >= 4 is 67.9 Å². The molecule has 0 aliphatic heterocycles.